The highest BCUT2D eigenvalue weighted by Crippen LogP contribution is 2.18. The van der Waals surface area contributed by atoms with E-state index in [-0.39, 0.29) is 30.2 Å². The molecule has 7 heteroatoms. The number of anilines is 1. The summed E-state index contributed by atoms with van der Waals surface area (Å²) in [5.74, 6) is 2.02. The third-order valence-electron chi connectivity index (χ3n) is 3.99. The first-order valence-electron chi connectivity index (χ1n) is 8.19. The van der Waals surface area contributed by atoms with Gasteiger partial charge in [0, 0.05) is 25.4 Å². The van der Waals surface area contributed by atoms with Crippen LogP contribution in [0.25, 0.3) is 0 Å². The van der Waals surface area contributed by atoms with Crippen molar-refractivity contribution >= 4 is 11.7 Å². The van der Waals surface area contributed by atoms with Crippen LogP contribution in [0.2, 0.25) is 0 Å². The third-order valence-corrected chi connectivity index (χ3v) is 3.99. The Morgan fingerprint density at radius 1 is 1.22 bits per heavy atom. The van der Waals surface area contributed by atoms with Gasteiger partial charge in [0.05, 0.1) is 13.1 Å². The smallest absolute Gasteiger partial charge is 0.276 e. The van der Waals surface area contributed by atoms with E-state index in [9.17, 15) is 14.0 Å². The maximum Gasteiger partial charge on any atom is 0.276 e. The van der Waals surface area contributed by atoms with Gasteiger partial charge < -0.3 is 0 Å². The summed E-state index contributed by atoms with van der Waals surface area (Å²) < 4.78 is 16.0. The van der Waals surface area contributed by atoms with E-state index in [1.54, 1.807) is 42.2 Å². The molecular formula is C20H17FN4O2. The fourth-order valence-electron chi connectivity index (χ4n) is 2.68. The van der Waals surface area contributed by atoms with Crippen LogP contribution in [0.4, 0.5) is 10.2 Å². The summed E-state index contributed by atoms with van der Waals surface area (Å²) in [6.45, 7) is 0.141. The monoisotopic (exact) mass is 364 g/mol. The molecule has 0 aliphatic rings. The molecule has 6 nitrogen and oxygen atoms in total. The maximum absolute atomic E-state index is 13.2. The summed E-state index contributed by atoms with van der Waals surface area (Å²) in [6, 6.07) is 11.9. The van der Waals surface area contributed by atoms with Gasteiger partial charge in [0.25, 0.3) is 11.5 Å². The molecule has 2 heterocycles. The number of hydrogen-bond donors (Lipinski definition) is 0. The number of benzene rings is 1. The van der Waals surface area contributed by atoms with Crippen molar-refractivity contribution in [2.24, 2.45) is 7.05 Å². The highest BCUT2D eigenvalue weighted by molar-refractivity contribution is 6.04. The Labute approximate surface area is 155 Å². The predicted molar refractivity (Wildman–Crippen MR) is 99.7 cm³/mol. The molecule has 3 aromatic rings. The SMILES string of the molecule is C#CCn1c(C(=O)N(Cc2ccc(F)cc2)c2ccn(C)n2)cccc1=O. The van der Waals surface area contributed by atoms with Crippen molar-refractivity contribution in [3.63, 3.8) is 0 Å². The molecule has 136 valence electrons. The van der Waals surface area contributed by atoms with Gasteiger partial charge >= 0.3 is 0 Å². The molecule has 0 saturated carbocycles. The van der Waals surface area contributed by atoms with Crippen LogP contribution in [-0.2, 0) is 20.1 Å². The minimum absolute atomic E-state index is 0.0205. The third kappa shape index (κ3) is 3.96. The first-order chi connectivity index (χ1) is 13.0. The number of rotatable bonds is 5. The molecule has 1 amide bonds. The van der Waals surface area contributed by atoms with Gasteiger partial charge in [0.15, 0.2) is 5.82 Å². The molecule has 2 aromatic heterocycles. The Hall–Kier alpha value is -3.66. The second-order valence-corrected chi connectivity index (χ2v) is 5.90. The van der Waals surface area contributed by atoms with Crippen LogP contribution in [0.5, 0.6) is 0 Å². The van der Waals surface area contributed by atoms with Crippen molar-refractivity contribution in [1.82, 2.24) is 14.3 Å². The summed E-state index contributed by atoms with van der Waals surface area (Å²) in [5, 5.41) is 4.29. The van der Waals surface area contributed by atoms with Gasteiger partial charge in [-0.1, -0.05) is 24.1 Å². The van der Waals surface area contributed by atoms with Crippen LogP contribution in [0.15, 0.2) is 59.5 Å². The first-order valence-corrected chi connectivity index (χ1v) is 8.19. The molecule has 27 heavy (non-hydrogen) atoms. The van der Waals surface area contributed by atoms with Gasteiger partial charge in [0.1, 0.15) is 11.5 Å². The Morgan fingerprint density at radius 2 is 1.96 bits per heavy atom. The summed E-state index contributed by atoms with van der Waals surface area (Å²) in [7, 11) is 1.74. The molecule has 0 bridgehead atoms. The Balaban J connectivity index is 2.04. The quantitative estimate of drug-likeness (QED) is 0.652. The van der Waals surface area contributed by atoms with E-state index in [2.05, 4.69) is 11.0 Å². The number of halogens is 1. The van der Waals surface area contributed by atoms with E-state index in [0.29, 0.717) is 5.82 Å². The molecule has 0 saturated heterocycles. The van der Waals surface area contributed by atoms with Gasteiger partial charge in [-0.25, -0.2) is 4.39 Å². The molecule has 0 aliphatic heterocycles. The minimum atomic E-state index is -0.425. The molecule has 0 atom stereocenters. The number of pyridine rings is 1. The van der Waals surface area contributed by atoms with Gasteiger partial charge in [-0.15, -0.1) is 6.42 Å². The molecule has 0 radical (unpaired) electrons. The number of aryl methyl sites for hydroxylation is 1. The zero-order valence-electron chi connectivity index (χ0n) is 14.7. The van der Waals surface area contributed by atoms with Crippen LogP contribution < -0.4 is 10.5 Å². The van der Waals surface area contributed by atoms with Crippen LogP contribution in [0.3, 0.4) is 0 Å². The lowest BCUT2D eigenvalue weighted by molar-refractivity contribution is 0.0974. The predicted octanol–water partition coefficient (Wildman–Crippen LogP) is 2.20. The zero-order chi connectivity index (χ0) is 19.4. The Morgan fingerprint density at radius 3 is 2.59 bits per heavy atom. The van der Waals surface area contributed by atoms with Crippen LogP contribution in [0, 0.1) is 18.2 Å². The maximum atomic E-state index is 13.2. The van der Waals surface area contributed by atoms with Crippen LogP contribution >= 0.6 is 0 Å². The highest BCUT2D eigenvalue weighted by Gasteiger charge is 2.23. The summed E-state index contributed by atoms with van der Waals surface area (Å²) in [6.07, 6.45) is 7.05. The second kappa shape index (κ2) is 7.70. The molecule has 0 N–H and O–H groups in total. The molecule has 1 aromatic carbocycles. The lowest BCUT2D eigenvalue weighted by Crippen LogP contribution is -2.36. The van der Waals surface area contributed by atoms with E-state index in [1.807, 2.05) is 0 Å². The normalized spacial score (nSPS) is 10.4. The fourth-order valence-corrected chi connectivity index (χ4v) is 2.68. The highest BCUT2D eigenvalue weighted by atomic mass is 19.1. The molecular weight excluding hydrogens is 347 g/mol. The lowest BCUT2D eigenvalue weighted by atomic mass is 10.2. The number of carbonyl (C=O) groups is 1. The van der Waals surface area contributed by atoms with Gasteiger partial charge in [-0.3, -0.25) is 23.7 Å². The first kappa shape index (κ1) is 18.1. The van der Waals surface area contributed by atoms with Crippen LogP contribution in [0.1, 0.15) is 16.1 Å². The van der Waals surface area contributed by atoms with E-state index in [1.165, 1.54) is 33.7 Å². The number of aromatic nitrogens is 3. The van der Waals surface area contributed by atoms with E-state index in [0.717, 1.165) is 5.56 Å². The summed E-state index contributed by atoms with van der Waals surface area (Å²) >= 11 is 0. The van der Waals surface area contributed by atoms with E-state index in [4.69, 9.17) is 6.42 Å². The van der Waals surface area contributed by atoms with Crippen molar-refractivity contribution in [2.45, 2.75) is 13.1 Å². The molecule has 0 unspecified atom stereocenters. The van der Waals surface area contributed by atoms with Gasteiger partial charge in [-0.05, 0) is 23.8 Å². The van der Waals surface area contributed by atoms with Crippen molar-refractivity contribution in [3.8, 4) is 12.3 Å². The van der Waals surface area contributed by atoms with Crippen molar-refractivity contribution in [1.29, 1.82) is 0 Å². The molecule has 0 spiro atoms. The number of hydrogen-bond acceptors (Lipinski definition) is 3. The topological polar surface area (TPSA) is 60.1 Å². The number of terminal acetylenes is 1. The summed E-state index contributed by atoms with van der Waals surface area (Å²) in [5.41, 5.74) is 0.520. The molecule has 0 aliphatic carbocycles. The van der Waals surface area contributed by atoms with Gasteiger partial charge in [0.2, 0.25) is 0 Å². The zero-order valence-corrected chi connectivity index (χ0v) is 14.7. The fraction of sp³-hybridized carbons (Fsp3) is 0.150. The average Bonchev–Trinajstić information content (AvgIpc) is 3.08. The lowest BCUT2D eigenvalue weighted by Gasteiger charge is -2.22. The van der Waals surface area contributed by atoms with Crippen molar-refractivity contribution in [2.75, 3.05) is 4.90 Å². The van der Waals surface area contributed by atoms with E-state index < -0.39 is 5.91 Å². The Kier molecular flexibility index (Phi) is 5.18. The summed E-state index contributed by atoms with van der Waals surface area (Å²) in [4.78, 5) is 26.8. The Bertz CT molecular complexity index is 1060. The number of nitrogens with zero attached hydrogens (tertiary/aromatic N) is 4. The van der Waals surface area contributed by atoms with Gasteiger partial charge in [-0.2, -0.15) is 5.10 Å². The molecule has 0 fully saturated rings. The van der Waals surface area contributed by atoms with Crippen molar-refractivity contribution in [3.05, 3.63) is 82.2 Å². The van der Waals surface area contributed by atoms with Crippen molar-refractivity contribution < 1.29 is 9.18 Å². The van der Waals surface area contributed by atoms with E-state index >= 15 is 0 Å². The van der Waals surface area contributed by atoms with Crippen LogP contribution in [-0.4, -0.2) is 20.3 Å². The number of amides is 1. The standard InChI is InChI=1S/C20H17FN4O2/c1-3-12-24-17(5-4-6-19(24)26)20(27)25(18-11-13-23(2)22-18)14-15-7-9-16(21)10-8-15/h1,4-11,13H,12,14H2,2H3. The minimum Gasteiger partial charge on any atom is -0.292 e. The average molecular weight is 364 g/mol. The second-order valence-electron chi connectivity index (χ2n) is 5.90. The number of carbonyl (C=O) groups excluding carboxylic acids is 1. The molecule has 3 rings (SSSR count). The largest absolute Gasteiger partial charge is 0.292 e.